The summed E-state index contributed by atoms with van der Waals surface area (Å²) in [4.78, 5) is 3.34. The highest BCUT2D eigenvalue weighted by molar-refractivity contribution is 8.03. The molecular weight excluding hydrogens is 266 g/mol. The number of thioether (sulfide) groups is 1. The maximum absolute atomic E-state index is 8.10. The molecule has 0 spiro atoms. The number of hydrogen-bond acceptors (Lipinski definition) is 6. The Morgan fingerprint density at radius 1 is 1.56 bits per heavy atom. The van der Waals surface area contributed by atoms with Gasteiger partial charge in [0.25, 0.3) is 0 Å². The summed E-state index contributed by atoms with van der Waals surface area (Å²) >= 11 is 5.86. The number of thiol groups is 1. The standard InChI is InChI=1S/C12H23N3OS2/c1-10(17)14-9-12(18-2)11(13)3-4-15-5-7-16-8-6-15/h9-10,13-14,17H,3-8H2,1-2H3/b12-9+,13-11?. The molecule has 1 saturated heterocycles. The maximum atomic E-state index is 8.10. The van der Waals surface area contributed by atoms with Gasteiger partial charge in [-0.1, -0.05) is 0 Å². The molecule has 1 fully saturated rings. The van der Waals surface area contributed by atoms with Crippen LogP contribution >= 0.6 is 24.4 Å². The minimum Gasteiger partial charge on any atom is -0.379 e. The second-order valence-corrected chi connectivity index (χ2v) is 5.86. The number of hydrogen-bond donors (Lipinski definition) is 3. The molecule has 1 aliphatic heterocycles. The predicted molar refractivity (Wildman–Crippen MR) is 82.8 cm³/mol. The van der Waals surface area contributed by atoms with Gasteiger partial charge in [-0.25, -0.2) is 0 Å². The van der Waals surface area contributed by atoms with E-state index in [0.717, 1.165) is 44.2 Å². The van der Waals surface area contributed by atoms with E-state index in [4.69, 9.17) is 10.1 Å². The highest BCUT2D eigenvalue weighted by atomic mass is 32.2. The van der Waals surface area contributed by atoms with E-state index >= 15 is 0 Å². The smallest absolute Gasteiger partial charge is 0.0660 e. The van der Waals surface area contributed by atoms with Crippen LogP contribution in [-0.4, -0.2) is 55.1 Å². The fourth-order valence-electron chi connectivity index (χ4n) is 1.68. The molecule has 0 amide bonds. The Labute approximate surface area is 119 Å². The summed E-state index contributed by atoms with van der Waals surface area (Å²) in [7, 11) is 0. The third-order valence-corrected chi connectivity index (χ3v) is 3.71. The van der Waals surface area contributed by atoms with Gasteiger partial charge in [0.15, 0.2) is 0 Å². The summed E-state index contributed by atoms with van der Waals surface area (Å²) in [5.41, 5.74) is 0.690. The van der Waals surface area contributed by atoms with Gasteiger partial charge in [-0.15, -0.1) is 11.8 Å². The molecule has 1 aliphatic rings. The van der Waals surface area contributed by atoms with Crippen molar-refractivity contribution in [2.75, 3.05) is 39.1 Å². The molecule has 0 radical (unpaired) electrons. The SMILES string of the molecule is CS/C(=C/NC(C)S)C(=N)CCN1CCOCC1. The van der Waals surface area contributed by atoms with Crippen molar-refractivity contribution in [1.29, 1.82) is 5.41 Å². The fourth-order valence-corrected chi connectivity index (χ4v) is 2.29. The lowest BCUT2D eigenvalue weighted by Crippen LogP contribution is -2.37. The lowest BCUT2D eigenvalue weighted by atomic mass is 10.2. The first-order valence-electron chi connectivity index (χ1n) is 6.19. The summed E-state index contributed by atoms with van der Waals surface area (Å²) in [5.74, 6) is 0. The fraction of sp³-hybridized carbons (Fsp3) is 0.750. The number of morpholine rings is 1. The molecule has 1 heterocycles. The first-order valence-corrected chi connectivity index (χ1v) is 7.93. The normalized spacial score (nSPS) is 19.6. The molecule has 104 valence electrons. The van der Waals surface area contributed by atoms with Crippen molar-refractivity contribution in [1.82, 2.24) is 10.2 Å². The van der Waals surface area contributed by atoms with Crippen LogP contribution in [0.4, 0.5) is 0 Å². The number of rotatable bonds is 7. The van der Waals surface area contributed by atoms with Crippen LogP contribution in [0.5, 0.6) is 0 Å². The van der Waals surface area contributed by atoms with Crippen LogP contribution in [0.15, 0.2) is 11.1 Å². The monoisotopic (exact) mass is 289 g/mol. The van der Waals surface area contributed by atoms with Gasteiger partial charge in [-0.2, -0.15) is 12.6 Å². The predicted octanol–water partition coefficient (Wildman–Crippen LogP) is 1.80. The van der Waals surface area contributed by atoms with E-state index < -0.39 is 0 Å². The minimum atomic E-state index is 0.110. The Morgan fingerprint density at radius 2 is 2.22 bits per heavy atom. The largest absolute Gasteiger partial charge is 0.379 e. The van der Waals surface area contributed by atoms with Gasteiger partial charge in [0.1, 0.15) is 0 Å². The molecule has 2 N–H and O–H groups in total. The van der Waals surface area contributed by atoms with Gasteiger partial charge in [-0.05, 0) is 13.2 Å². The van der Waals surface area contributed by atoms with Gasteiger partial charge in [0.2, 0.25) is 0 Å². The summed E-state index contributed by atoms with van der Waals surface area (Å²) in [6, 6.07) is 0. The Bertz CT molecular complexity index is 289. The number of nitrogens with zero attached hydrogens (tertiary/aromatic N) is 1. The minimum absolute atomic E-state index is 0.110. The second-order valence-electron chi connectivity index (χ2n) is 4.24. The van der Waals surface area contributed by atoms with Crippen LogP contribution in [0.2, 0.25) is 0 Å². The van der Waals surface area contributed by atoms with Crippen molar-refractivity contribution in [2.24, 2.45) is 0 Å². The van der Waals surface area contributed by atoms with E-state index in [2.05, 4.69) is 22.8 Å². The zero-order valence-electron chi connectivity index (χ0n) is 11.1. The quantitative estimate of drug-likeness (QED) is 0.380. The van der Waals surface area contributed by atoms with Crippen molar-refractivity contribution >= 4 is 30.1 Å². The van der Waals surface area contributed by atoms with E-state index in [1.807, 2.05) is 19.4 Å². The van der Waals surface area contributed by atoms with Crippen LogP contribution < -0.4 is 5.32 Å². The molecule has 0 saturated carbocycles. The molecule has 4 nitrogen and oxygen atoms in total. The Hall–Kier alpha value is -0.170. The van der Waals surface area contributed by atoms with Crippen molar-refractivity contribution in [3.8, 4) is 0 Å². The molecule has 1 rings (SSSR count). The molecule has 0 bridgehead atoms. The summed E-state index contributed by atoms with van der Waals surface area (Å²) in [6.45, 7) is 6.51. The summed E-state index contributed by atoms with van der Waals surface area (Å²) in [5, 5.41) is 11.3. The third kappa shape index (κ3) is 6.13. The molecule has 0 aromatic carbocycles. The zero-order chi connectivity index (χ0) is 13.4. The van der Waals surface area contributed by atoms with E-state index in [0.29, 0.717) is 5.71 Å². The van der Waals surface area contributed by atoms with Crippen molar-refractivity contribution in [3.05, 3.63) is 11.1 Å². The van der Waals surface area contributed by atoms with Crippen LogP contribution in [0.25, 0.3) is 0 Å². The van der Waals surface area contributed by atoms with Gasteiger partial charge in [-0.3, -0.25) is 4.90 Å². The molecule has 0 aromatic heterocycles. The van der Waals surface area contributed by atoms with Crippen LogP contribution in [-0.2, 0) is 4.74 Å². The van der Waals surface area contributed by atoms with E-state index in [-0.39, 0.29) is 5.37 Å². The number of allylic oxidation sites excluding steroid dienone is 1. The van der Waals surface area contributed by atoms with Crippen molar-refractivity contribution < 1.29 is 4.74 Å². The molecule has 18 heavy (non-hydrogen) atoms. The number of ether oxygens (including phenoxy) is 1. The maximum Gasteiger partial charge on any atom is 0.0660 e. The van der Waals surface area contributed by atoms with Crippen LogP contribution in [0, 0.1) is 5.41 Å². The first kappa shape index (κ1) is 15.9. The van der Waals surface area contributed by atoms with Crippen LogP contribution in [0.1, 0.15) is 13.3 Å². The zero-order valence-corrected chi connectivity index (χ0v) is 12.8. The molecule has 6 heteroatoms. The Morgan fingerprint density at radius 3 is 2.78 bits per heavy atom. The molecule has 0 aromatic rings. The highest BCUT2D eigenvalue weighted by Crippen LogP contribution is 2.15. The summed E-state index contributed by atoms with van der Waals surface area (Å²) in [6.07, 6.45) is 4.68. The first-order chi connectivity index (χ1) is 8.63. The molecule has 0 aliphatic carbocycles. The topological polar surface area (TPSA) is 48.4 Å². The van der Waals surface area contributed by atoms with E-state index in [1.54, 1.807) is 11.8 Å². The van der Waals surface area contributed by atoms with Crippen LogP contribution in [0.3, 0.4) is 0 Å². The van der Waals surface area contributed by atoms with Gasteiger partial charge < -0.3 is 15.5 Å². The van der Waals surface area contributed by atoms with Crippen molar-refractivity contribution in [2.45, 2.75) is 18.7 Å². The lowest BCUT2D eigenvalue weighted by molar-refractivity contribution is 0.0392. The third-order valence-electron chi connectivity index (χ3n) is 2.75. The van der Waals surface area contributed by atoms with Gasteiger partial charge >= 0.3 is 0 Å². The second kappa shape index (κ2) is 8.85. The molecule has 1 unspecified atom stereocenters. The average Bonchev–Trinajstić information content (AvgIpc) is 2.38. The van der Waals surface area contributed by atoms with Crippen molar-refractivity contribution in [3.63, 3.8) is 0 Å². The summed E-state index contributed by atoms with van der Waals surface area (Å²) < 4.78 is 5.31. The number of nitrogens with one attached hydrogen (secondary N) is 2. The Kier molecular flexibility index (Phi) is 7.81. The molecular formula is C12H23N3OS2. The van der Waals surface area contributed by atoms with Gasteiger partial charge in [0, 0.05) is 42.9 Å². The van der Waals surface area contributed by atoms with Gasteiger partial charge in [0.05, 0.1) is 18.6 Å². The average molecular weight is 289 g/mol. The van der Waals surface area contributed by atoms with E-state index in [9.17, 15) is 0 Å². The Balaban J connectivity index is 2.34. The molecule has 1 atom stereocenters. The van der Waals surface area contributed by atoms with E-state index in [1.165, 1.54) is 0 Å². The highest BCUT2D eigenvalue weighted by Gasteiger charge is 2.12. The lowest BCUT2D eigenvalue weighted by Gasteiger charge is -2.26.